The maximum absolute atomic E-state index is 12.6. The highest BCUT2D eigenvalue weighted by Gasteiger charge is 2.34. The number of nitrogens with one attached hydrogen (secondary N) is 1. The second-order valence-corrected chi connectivity index (χ2v) is 7.37. The Balaban J connectivity index is 1.71. The summed E-state index contributed by atoms with van der Waals surface area (Å²) in [7, 11) is 1.31. The van der Waals surface area contributed by atoms with Gasteiger partial charge in [-0.1, -0.05) is 29.8 Å². The number of amides is 2. The molecule has 1 N–H and O–H groups in total. The van der Waals surface area contributed by atoms with Crippen molar-refractivity contribution >= 4 is 52.2 Å². The van der Waals surface area contributed by atoms with Crippen LogP contribution in [0.25, 0.3) is 6.08 Å². The molecule has 2 amide bonds. The molecule has 1 aliphatic rings. The third-order valence-electron chi connectivity index (χ3n) is 4.20. The Morgan fingerprint density at radius 1 is 1.21 bits per heavy atom. The van der Waals surface area contributed by atoms with Crippen LogP contribution in [0.4, 0.5) is 10.5 Å². The average Bonchev–Trinajstić information content (AvgIpc) is 2.96. The molecule has 0 aromatic heterocycles. The van der Waals surface area contributed by atoms with Crippen molar-refractivity contribution in [1.29, 1.82) is 0 Å². The van der Waals surface area contributed by atoms with E-state index in [2.05, 4.69) is 10.1 Å². The SMILES string of the molecule is COC(=O)c1ccc(/C=C2/SC(=O)N(CNc3cccc(Cl)c3C)C2=O)cc1. The van der Waals surface area contributed by atoms with Crippen molar-refractivity contribution in [3.05, 3.63) is 69.1 Å². The summed E-state index contributed by atoms with van der Waals surface area (Å²) < 4.78 is 4.65. The number of imide groups is 1. The Morgan fingerprint density at radius 2 is 1.93 bits per heavy atom. The number of rotatable bonds is 5. The van der Waals surface area contributed by atoms with Gasteiger partial charge in [0.15, 0.2) is 0 Å². The first kappa shape index (κ1) is 20.0. The van der Waals surface area contributed by atoms with E-state index in [4.69, 9.17) is 11.6 Å². The van der Waals surface area contributed by atoms with Gasteiger partial charge in [0.05, 0.1) is 24.2 Å². The lowest BCUT2D eigenvalue weighted by Gasteiger charge is -2.16. The first-order chi connectivity index (χ1) is 13.4. The topological polar surface area (TPSA) is 75.7 Å². The van der Waals surface area contributed by atoms with E-state index in [1.807, 2.05) is 13.0 Å². The summed E-state index contributed by atoms with van der Waals surface area (Å²) in [6, 6.07) is 12.0. The summed E-state index contributed by atoms with van der Waals surface area (Å²) in [5.41, 5.74) is 2.72. The van der Waals surface area contributed by atoms with Crippen LogP contribution in [0, 0.1) is 6.92 Å². The number of thioether (sulfide) groups is 1. The monoisotopic (exact) mass is 416 g/mol. The molecule has 3 rings (SSSR count). The molecule has 0 unspecified atom stereocenters. The number of methoxy groups -OCH3 is 1. The first-order valence-electron chi connectivity index (χ1n) is 8.33. The normalized spacial score (nSPS) is 15.2. The number of hydrogen-bond acceptors (Lipinski definition) is 6. The predicted octanol–water partition coefficient (Wildman–Crippen LogP) is 4.54. The standard InChI is InChI=1S/C20H17ClN2O4S/c1-12-15(21)4-3-5-16(12)22-11-23-18(24)17(28-20(23)26)10-13-6-8-14(9-7-13)19(25)27-2/h3-10,22H,11H2,1-2H3/b17-10+. The molecule has 1 aliphatic heterocycles. The van der Waals surface area contributed by atoms with Crippen molar-refractivity contribution in [3.63, 3.8) is 0 Å². The van der Waals surface area contributed by atoms with Gasteiger partial charge in [-0.2, -0.15) is 0 Å². The van der Waals surface area contributed by atoms with Crippen LogP contribution in [0.2, 0.25) is 5.02 Å². The molecule has 2 aromatic rings. The van der Waals surface area contributed by atoms with E-state index in [0.29, 0.717) is 21.1 Å². The summed E-state index contributed by atoms with van der Waals surface area (Å²) in [6.45, 7) is 1.90. The Labute approximate surface area is 171 Å². The highest BCUT2D eigenvalue weighted by atomic mass is 35.5. The third kappa shape index (κ3) is 4.21. The smallest absolute Gasteiger partial charge is 0.337 e. The second-order valence-electron chi connectivity index (χ2n) is 5.97. The summed E-state index contributed by atoms with van der Waals surface area (Å²) in [5.74, 6) is -0.812. The third-order valence-corrected chi connectivity index (χ3v) is 5.52. The molecule has 1 heterocycles. The quantitative estimate of drug-likeness (QED) is 0.569. The molecule has 0 spiro atoms. The van der Waals surface area contributed by atoms with Crippen molar-refractivity contribution in [2.75, 3.05) is 19.1 Å². The number of hydrogen-bond donors (Lipinski definition) is 1. The highest BCUT2D eigenvalue weighted by molar-refractivity contribution is 8.18. The number of halogens is 1. The zero-order valence-corrected chi connectivity index (χ0v) is 16.8. The summed E-state index contributed by atoms with van der Waals surface area (Å²) in [6.07, 6.45) is 1.62. The van der Waals surface area contributed by atoms with E-state index in [1.165, 1.54) is 7.11 Å². The number of esters is 1. The van der Waals surface area contributed by atoms with Crippen LogP contribution in [0.3, 0.4) is 0 Å². The second kappa shape index (κ2) is 8.50. The van der Waals surface area contributed by atoms with Crippen LogP contribution >= 0.6 is 23.4 Å². The summed E-state index contributed by atoms with van der Waals surface area (Å²) in [4.78, 5) is 37.8. The molecule has 8 heteroatoms. The van der Waals surface area contributed by atoms with Gasteiger partial charge in [0.2, 0.25) is 0 Å². The number of anilines is 1. The molecular formula is C20H17ClN2O4S. The molecule has 0 atom stereocenters. The van der Waals surface area contributed by atoms with Crippen molar-refractivity contribution in [1.82, 2.24) is 4.90 Å². The minimum Gasteiger partial charge on any atom is -0.465 e. The number of nitrogens with zero attached hydrogens (tertiary/aromatic N) is 1. The minimum absolute atomic E-state index is 0.0461. The van der Waals surface area contributed by atoms with Gasteiger partial charge in [-0.3, -0.25) is 14.5 Å². The Kier molecular flexibility index (Phi) is 6.06. The van der Waals surface area contributed by atoms with E-state index >= 15 is 0 Å². The highest BCUT2D eigenvalue weighted by Crippen LogP contribution is 2.32. The molecule has 0 radical (unpaired) electrons. The fourth-order valence-electron chi connectivity index (χ4n) is 2.58. The molecule has 0 bridgehead atoms. The van der Waals surface area contributed by atoms with Gasteiger partial charge in [-0.25, -0.2) is 4.79 Å². The molecule has 144 valence electrons. The number of carbonyl (C=O) groups excluding carboxylic acids is 3. The van der Waals surface area contributed by atoms with Crippen molar-refractivity contribution in [2.45, 2.75) is 6.92 Å². The molecule has 2 aromatic carbocycles. The van der Waals surface area contributed by atoms with Gasteiger partial charge in [0.25, 0.3) is 11.1 Å². The Morgan fingerprint density at radius 3 is 2.61 bits per heavy atom. The van der Waals surface area contributed by atoms with Crippen LogP contribution < -0.4 is 5.32 Å². The number of carbonyl (C=O) groups is 3. The minimum atomic E-state index is -0.436. The van der Waals surface area contributed by atoms with Gasteiger partial charge in [-0.15, -0.1) is 0 Å². The molecule has 1 fully saturated rings. The molecule has 28 heavy (non-hydrogen) atoms. The van der Waals surface area contributed by atoms with Crippen molar-refractivity contribution in [3.8, 4) is 0 Å². The van der Waals surface area contributed by atoms with E-state index in [1.54, 1.807) is 42.5 Å². The van der Waals surface area contributed by atoms with Gasteiger partial charge in [0.1, 0.15) is 0 Å². The average molecular weight is 417 g/mol. The number of benzene rings is 2. The van der Waals surface area contributed by atoms with Gasteiger partial charge in [0, 0.05) is 10.7 Å². The van der Waals surface area contributed by atoms with Crippen LogP contribution in [0.15, 0.2) is 47.4 Å². The van der Waals surface area contributed by atoms with Gasteiger partial charge in [-0.05, 0) is 60.2 Å². The maximum Gasteiger partial charge on any atom is 0.337 e. The van der Waals surface area contributed by atoms with Crippen LogP contribution in [0.1, 0.15) is 21.5 Å². The van der Waals surface area contributed by atoms with E-state index in [0.717, 1.165) is 27.9 Å². The molecule has 6 nitrogen and oxygen atoms in total. The van der Waals surface area contributed by atoms with Crippen molar-refractivity contribution in [2.24, 2.45) is 0 Å². The molecular weight excluding hydrogens is 400 g/mol. The largest absolute Gasteiger partial charge is 0.465 e. The lowest BCUT2D eigenvalue weighted by molar-refractivity contribution is -0.122. The lowest BCUT2D eigenvalue weighted by atomic mass is 10.1. The summed E-state index contributed by atoms with van der Waals surface area (Å²) >= 11 is 6.97. The van der Waals surface area contributed by atoms with E-state index in [9.17, 15) is 14.4 Å². The van der Waals surface area contributed by atoms with Gasteiger partial charge < -0.3 is 10.1 Å². The lowest BCUT2D eigenvalue weighted by Crippen LogP contribution is -2.33. The van der Waals surface area contributed by atoms with Crippen molar-refractivity contribution < 1.29 is 19.1 Å². The van der Waals surface area contributed by atoms with E-state index in [-0.39, 0.29) is 17.8 Å². The maximum atomic E-state index is 12.6. The van der Waals surface area contributed by atoms with Crippen LogP contribution in [-0.4, -0.2) is 35.8 Å². The first-order valence-corrected chi connectivity index (χ1v) is 9.53. The van der Waals surface area contributed by atoms with E-state index < -0.39 is 5.97 Å². The van der Waals surface area contributed by atoms with Crippen LogP contribution in [-0.2, 0) is 9.53 Å². The Bertz CT molecular complexity index is 973. The fraction of sp³-hybridized carbons (Fsp3) is 0.150. The zero-order valence-electron chi connectivity index (χ0n) is 15.2. The number of ether oxygens (including phenoxy) is 1. The van der Waals surface area contributed by atoms with Gasteiger partial charge >= 0.3 is 5.97 Å². The zero-order chi connectivity index (χ0) is 20.3. The van der Waals surface area contributed by atoms with Crippen LogP contribution in [0.5, 0.6) is 0 Å². The fourth-order valence-corrected chi connectivity index (χ4v) is 3.60. The Hall–Kier alpha value is -2.77. The predicted molar refractivity (Wildman–Crippen MR) is 110 cm³/mol. The molecule has 1 saturated heterocycles. The molecule has 0 aliphatic carbocycles. The summed E-state index contributed by atoms with van der Waals surface area (Å²) in [5, 5.41) is 3.33. The molecule has 0 saturated carbocycles.